The molecule has 3 rings (SSSR count). The van der Waals surface area contributed by atoms with E-state index in [1.807, 2.05) is 0 Å². The van der Waals surface area contributed by atoms with Crippen molar-refractivity contribution < 1.29 is 18.5 Å². The van der Waals surface area contributed by atoms with E-state index in [0.29, 0.717) is 48.6 Å². The lowest BCUT2D eigenvalue weighted by Gasteiger charge is -2.32. The number of carbonyl (C=O) groups excluding carboxylic acids is 1. The highest BCUT2D eigenvalue weighted by molar-refractivity contribution is 5.92. The molecule has 0 saturated carbocycles. The Kier molecular flexibility index (Phi) is 4.94. The molecule has 1 unspecified atom stereocenters. The van der Waals surface area contributed by atoms with Gasteiger partial charge in [-0.05, 0) is 26.2 Å². The van der Waals surface area contributed by atoms with E-state index in [0.717, 1.165) is 19.3 Å². The fourth-order valence-electron chi connectivity index (χ4n) is 2.99. The third-order valence-corrected chi connectivity index (χ3v) is 4.16. The van der Waals surface area contributed by atoms with Crippen LogP contribution in [0.3, 0.4) is 0 Å². The molecule has 0 N–H and O–H groups in total. The van der Waals surface area contributed by atoms with Gasteiger partial charge in [-0.2, -0.15) is 4.98 Å². The van der Waals surface area contributed by atoms with Crippen LogP contribution in [0.15, 0.2) is 8.94 Å². The van der Waals surface area contributed by atoms with Crippen LogP contribution in [0.25, 0.3) is 0 Å². The first-order chi connectivity index (χ1) is 11.6. The number of piperidine rings is 1. The fourth-order valence-corrected chi connectivity index (χ4v) is 2.99. The molecule has 130 valence electrons. The third kappa shape index (κ3) is 3.33. The molecule has 1 aliphatic rings. The Balaban J connectivity index is 1.81. The van der Waals surface area contributed by atoms with E-state index in [9.17, 15) is 4.79 Å². The van der Waals surface area contributed by atoms with E-state index in [2.05, 4.69) is 15.1 Å². The normalized spacial score (nSPS) is 18.1. The summed E-state index contributed by atoms with van der Waals surface area (Å²) in [6, 6.07) is -0.222. The van der Waals surface area contributed by atoms with Gasteiger partial charge in [-0.1, -0.05) is 5.16 Å². The maximum absolute atomic E-state index is 12.9. The van der Waals surface area contributed by atoms with Crippen molar-refractivity contribution in [2.45, 2.75) is 45.6 Å². The van der Waals surface area contributed by atoms with Crippen molar-refractivity contribution in [1.82, 2.24) is 20.0 Å². The van der Waals surface area contributed by atoms with Gasteiger partial charge in [-0.15, -0.1) is 0 Å². The van der Waals surface area contributed by atoms with Gasteiger partial charge in [0.2, 0.25) is 11.7 Å². The molecule has 1 saturated heterocycles. The largest absolute Gasteiger partial charge is 0.436 e. The summed E-state index contributed by atoms with van der Waals surface area (Å²) in [6.45, 7) is 4.68. The molecule has 0 aromatic carbocycles. The molecule has 0 radical (unpaired) electrons. The number of nitrogens with zero attached hydrogens (tertiary/aromatic N) is 4. The molecule has 8 heteroatoms. The van der Waals surface area contributed by atoms with Gasteiger partial charge in [0, 0.05) is 27.0 Å². The molecule has 2 aromatic heterocycles. The molecular weight excluding hydrogens is 312 g/mol. The Morgan fingerprint density at radius 3 is 2.88 bits per heavy atom. The lowest BCUT2D eigenvalue weighted by Crippen LogP contribution is -2.38. The van der Waals surface area contributed by atoms with Gasteiger partial charge in [0.25, 0.3) is 5.91 Å². The van der Waals surface area contributed by atoms with Crippen LogP contribution >= 0.6 is 0 Å². The maximum atomic E-state index is 12.9. The predicted molar refractivity (Wildman–Crippen MR) is 83.5 cm³/mol. The minimum Gasteiger partial charge on any atom is -0.436 e. The Bertz CT molecular complexity index is 709. The van der Waals surface area contributed by atoms with Crippen molar-refractivity contribution in [1.29, 1.82) is 0 Å². The quantitative estimate of drug-likeness (QED) is 0.827. The number of ether oxygens (including phenoxy) is 1. The van der Waals surface area contributed by atoms with E-state index < -0.39 is 0 Å². The molecular formula is C16H22N4O4. The number of methoxy groups -OCH3 is 1. The topological polar surface area (TPSA) is 94.5 Å². The molecule has 0 spiro atoms. The zero-order valence-corrected chi connectivity index (χ0v) is 14.2. The lowest BCUT2D eigenvalue weighted by molar-refractivity contribution is 0.0527. The number of hydrogen-bond acceptors (Lipinski definition) is 7. The van der Waals surface area contributed by atoms with Crippen LogP contribution in [0.5, 0.6) is 0 Å². The van der Waals surface area contributed by atoms with Crippen LogP contribution in [0.4, 0.5) is 0 Å². The highest BCUT2D eigenvalue weighted by atomic mass is 16.5. The van der Waals surface area contributed by atoms with Crippen LogP contribution in [-0.4, -0.2) is 46.2 Å². The predicted octanol–water partition coefficient (Wildman–Crippen LogP) is 2.23. The number of rotatable bonds is 5. The van der Waals surface area contributed by atoms with Crippen molar-refractivity contribution >= 4 is 5.91 Å². The molecule has 24 heavy (non-hydrogen) atoms. The standard InChI is InChI=1S/C16H22N4O4/c1-10-14(23-11(2)17-10)16(21)20-8-5-4-6-12(20)15-18-13(19-24-15)7-9-22-3/h12H,4-9H2,1-3H3. The summed E-state index contributed by atoms with van der Waals surface area (Å²) in [4.78, 5) is 23.2. The Hall–Kier alpha value is -2.22. The molecule has 1 aliphatic heterocycles. The number of oxazole rings is 1. The van der Waals surface area contributed by atoms with E-state index in [1.165, 1.54) is 0 Å². The van der Waals surface area contributed by atoms with E-state index in [-0.39, 0.29) is 11.9 Å². The van der Waals surface area contributed by atoms with Crippen molar-refractivity contribution in [3.8, 4) is 0 Å². The molecule has 1 fully saturated rings. The summed E-state index contributed by atoms with van der Waals surface area (Å²) in [7, 11) is 1.63. The molecule has 2 aromatic rings. The molecule has 3 heterocycles. The molecule has 1 amide bonds. The second kappa shape index (κ2) is 7.12. The zero-order chi connectivity index (χ0) is 17.1. The Labute approximate surface area is 140 Å². The van der Waals surface area contributed by atoms with Gasteiger partial charge in [0.1, 0.15) is 6.04 Å². The van der Waals surface area contributed by atoms with Gasteiger partial charge in [0.15, 0.2) is 11.7 Å². The number of likely N-dealkylation sites (tertiary alicyclic amines) is 1. The second-order valence-corrected chi connectivity index (χ2v) is 5.95. The monoisotopic (exact) mass is 334 g/mol. The lowest BCUT2D eigenvalue weighted by atomic mass is 10.0. The number of hydrogen-bond donors (Lipinski definition) is 0. The number of amides is 1. The summed E-state index contributed by atoms with van der Waals surface area (Å²) in [5.74, 6) is 1.68. The maximum Gasteiger partial charge on any atom is 0.292 e. The minimum absolute atomic E-state index is 0.172. The van der Waals surface area contributed by atoms with E-state index in [1.54, 1.807) is 25.9 Å². The van der Waals surface area contributed by atoms with E-state index >= 15 is 0 Å². The highest BCUT2D eigenvalue weighted by Crippen LogP contribution is 2.31. The number of aromatic nitrogens is 3. The zero-order valence-electron chi connectivity index (χ0n) is 14.2. The van der Waals surface area contributed by atoms with Gasteiger partial charge in [-0.25, -0.2) is 4.98 Å². The average molecular weight is 334 g/mol. The molecule has 0 bridgehead atoms. The first-order valence-corrected chi connectivity index (χ1v) is 8.16. The summed E-state index contributed by atoms with van der Waals surface area (Å²) >= 11 is 0. The second-order valence-electron chi connectivity index (χ2n) is 5.95. The molecule has 8 nitrogen and oxygen atoms in total. The van der Waals surface area contributed by atoms with Crippen LogP contribution in [0, 0.1) is 13.8 Å². The summed E-state index contributed by atoms with van der Waals surface area (Å²) in [5.41, 5.74) is 0.605. The van der Waals surface area contributed by atoms with Gasteiger partial charge < -0.3 is 18.6 Å². The van der Waals surface area contributed by atoms with Crippen LogP contribution in [-0.2, 0) is 11.2 Å². The van der Waals surface area contributed by atoms with Crippen molar-refractivity contribution in [2.75, 3.05) is 20.3 Å². The van der Waals surface area contributed by atoms with Gasteiger partial charge in [0.05, 0.1) is 12.3 Å². The molecule has 1 atom stereocenters. The Morgan fingerprint density at radius 1 is 1.33 bits per heavy atom. The van der Waals surface area contributed by atoms with Crippen molar-refractivity contribution in [3.63, 3.8) is 0 Å². The van der Waals surface area contributed by atoms with Crippen LogP contribution < -0.4 is 0 Å². The van der Waals surface area contributed by atoms with Crippen LogP contribution in [0.1, 0.15) is 59.2 Å². The third-order valence-electron chi connectivity index (χ3n) is 4.16. The van der Waals surface area contributed by atoms with Crippen molar-refractivity contribution in [3.05, 3.63) is 29.1 Å². The van der Waals surface area contributed by atoms with Gasteiger partial charge >= 0.3 is 0 Å². The van der Waals surface area contributed by atoms with Gasteiger partial charge in [-0.3, -0.25) is 4.79 Å². The minimum atomic E-state index is -0.222. The summed E-state index contributed by atoms with van der Waals surface area (Å²) in [5, 5.41) is 3.98. The average Bonchev–Trinajstić information content (AvgIpc) is 3.18. The van der Waals surface area contributed by atoms with Crippen molar-refractivity contribution in [2.24, 2.45) is 0 Å². The highest BCUT2D eigenvalue weighted by Gasteiger charge is 2.34. The SMILES string of the molecule is COCCc1noc(C2CCCCN2C(=O)c2oc(C)nc2C)n1. The molecule has 0 aliphatic carbocycles. The number of aryl methyl sites for hydroxylation is 2. The summed E-state index contributed by atoms with van der Waals surface area (Å²) in [6.07, 6.45) is 3.34. The fraction of sp³-hybridized carbons (Fsp3) is 0.625. The van der Waals surface area contributed by atoms with Crippen LogP contribution in [0.2, 0.25) is 0 Å². The number of carbonyl (C=O) groups is 1. The summed E-state index contributed by atoms with van der Waals surface area (Å²) < 4.78 is 15.9. The van der Waals surface area contributed by atoms with E-state index in [4.69, 9.17) is 13.7 Å². The first kappa shape index (κ1) is 16.6. The smallest absolute Gasteiger partial charge is 0.292 e. The first-order valence-electron chi connectivity index (χ1n) is 8.16. The Morgan fingerprint density at radius 2 is 2.17 bits per heavy atom.